The van der Waals surface area contributed by atoms with Gasteiger partial charge in [-0.1, -0.05) is 18.2 Å². The number of carbonyl (C=O) groups is 1. The molecule has 0 aliphatic carbocycles. The van der Waals surface area contributed by atoms with E-state index in [1.807, 2.05) is 0 Å². The quantitative estimate of drug-likeness (QED) is 0.851. The van der Waals surface area contributed by atoms with E-state index >= 15 is 0 Å². The van der Waals surface area contributed by atoms with Crippen LogP contribution in [0.3, 0.4) is 0 Å². The van der Waals surface area contributed by atoms with Gasteiger partial charge in [0.1, 0.15) is 11.6 Å². The van der Waals surface area contributed by atoms with Gasteiger partial charge in [0.2, 0.25) is 5.91 Å². The first-order valence-corrected chi connectivity index (χ1v) is 4.93. The first-order chi connectivity index (χ1) is 8.08. The molecule has 0 aromatic heterocycles. The topological polar surface area (TPSA) is 43.1 Å². The number of nitrogens with two attached hydrogens (primary N) is 1. The summed E-state index contributed by atoms with van der Waals surface area (Å²) in [6.07, 6.45) is 0. The van der Waals surface area contributed by atoms with Crippen LogP contribution >= 0.6 is 0 Å². The Morgan fingerprint density at radius 3 is 2.12 bits per heavy atom. The standard InChI is InChI=1S/C13H9F2NO/c14-9-3-1-8(2-4-9)11-6-5-10(15)7-12(11)13(16)17/h1-7H,(H2,16,17). The third kappa shape index (κ3) is 2.30. The molecule has 0 unspecified atom stereocenters. The Bertz CT molecular complexity index is 564. The van der Waals surface area contributed by atoms with Crippen molar-refractivity contribution in [1.29, 1.82) is 0 Å². The van der Waals surface area contributed by atoms with Crippen LogP contribution in [0.5, 0.6) is 0 Å². The summed E-state index contributed by atoms with van der Waals surface area (Å²) >= 11 is 0. The Balaban J connectivity index is 2.58. The molecule has 0 atom stereocenters. The van der Waals surface area contributed by atoms with Crippen molar-refractivity contribution in [3.05, 3.63) is 59.7 Å². The van der Waals surface area contributed by atoms with Crippen LogP contribution in [0.15, 0.2) is 42.5 Å². The van der Waals surface area contributed by atoms with E-state index in [2.05, 4.69) is 0 Å². The fraction of sp³-hybridized carbons (Fsp3) is 0. The molecule has 2 aromatic carbocycles. The smallest absolute Gasteiger partial charge is 0.249 e. The van der Waals surface area contributed by atoms with Crippen LogP contribution in [0.1, 0.15) is 10.4 Å². The van der Waals surface area contributed by atoms with Crippen LogP contribution in [0.2, 0.25) is 0 Å². The molecule has 0 radical (unpaired) electrons. The van der Waals surface area contributed by atoms with Crippen molar-refractivity contribution >= 4 is 5.91 Å². The third-order valence-corrected chi connectivity index (χ3v) is 2.40. The van der Waals surface area contributed by atoms with Crippen LogP contribution < -0.4 is 5.73 Å². The number of hydrogen-bond acceptors (Lipinski definition) is 1. The lowest BCUT2D eigenvalue weighted by molar-refractivity contribution is 0.100. The van der Waals surface area contributed by atoms with Crippen molar-refractivity contribution in [3.8, 4) is 11.1 Å². The molecular weight excluding hydrogens is 224 g/mol. The first-order valence-electron chi connectivity index (χ1n) is 4.93. The minimum Gasteiger partial charge on any atom is -0.366 e. The second kappa shape index (κ2) is 4.33. The van der Waals surface area contributed by atoms with Gasteiger partial charge < -0.3 is 5.73 Å². The molecule has 0 bridgehead atoms. The summed E-state index contributed by atoms with van der Waals surface area (Å²) in [6.45, 7) is 0. The van der Waals surface area contributed by atoms with Crippen molar-refractivity contribution in [3.63, 3.8) is 0 Å². The van der Waals surface area contributed by atoms with Crippen LogP contribution in [0, 0.1) is 11.6 Å². The summed E-state index contributed by atoms with van der Waals surface area (Å²) in [6, 6.07) is 9.30. The molecule has 0 aliphatic heterocycles. The fourth-order valence-electron chi connectivity index (χ4n) is 1.60. The molecule has 2 rings (SSSR count). The van der Waals surface area contributed by atoms with E-state index < -0.39 is 11.7 Å². The van der Waals surface area contributed by atoms with Crippen molar-refractivity contribution in [2.75, 3.05) is 0 Å². The number of halogens is 2. The van der Waals surface area contributed by atoms with Gasteiger partial charge in [0, 0.05) is 5.56 Å². The molecule has 86 valence electrons. The van der Waals surface area contributed by atoms with Crippen molar-refractivity contribution in [2.24, 2.45) is 5.73 Å². The SMILES string of the molecule is NC(=O)c1cc(F)ccc1-c1ccc(F)cc1. The third-order valence-electron chi connectivity index (χ3n) is 2.40. The Morgan fingerprint density at radius 2 is 1.53 bits per heavy atom. The van der Waals surface area contributed by atoms with E-state index in [0.717, 1.165) is 6.07 Å². The van der Waals surface area contributed by atoms with Crippen LogP contribution in [-0.2, 0) is 0 Å². The highest BCUT2D eigenvalue weighted by Gasteiger charge is 2.11. The minimum absolute atomic E-state index is 0.0802. The summed E-state index contributed by atoms with van der Waals surface area (Å²) < 4.78 is 25.8. The van der Waals surface area contributed by atoms with Gasteiger partial charge in [-0.15, -0.1) is 0 Å². The second-order valence-electron chi connectivity index (χ2n) is 3.56. The zero-order valence-electron chi connectivity index (χ0n) is 8.78. The Hall–Kier alpha value is -2.23. The molecule has 1 amide bonds. The molecule has 0 aliphatic rings. The number of carbonyl (C=O) groups excluding carboxylic acids is 1. The van der Waals surface area contributed by atoms with E-state index in [1.165, 1.54) is 36.4 Å². The maximum Gasteiger partial charge on any atom is 0.249 e. The Labute approximate surface area is 96.7 Å². The number of primary amides is 1. The van der Waals surface area contributed by atoms with Gasteiger partial charge in [-0.05, 0) is 35.4 Å². The zero-order valence-corrected chi connectivity index (χ0v) is 8.78. The van der Waals surface area contributed by atoms with E-state index in [4.69, 9.17) is 5.73 Å². The van der Waals surface area contributed by atoms with E-state index in [-0.39, 0.29) is 11.4 Å². The molecule has 0 heterocycles. The maximum absolute atomic E-state index is 13.0. The lowest BCUT2D eigenvalue weighted by Crippen LogP contribution is -2.12. The summed E-state index contributed by atoms with van der Waals surface area (Å²) in [5, 5.41) is 0. The average Bonchev–Trinajstić information content (AvgIpc) is 2.30. The van der Waals surface area contributed by atoms with Gasteiger partial charge in [-0.3, -0.25) is 4.79 Å². The molecule has 2 nitrogen and oxygen atoms in total. The average molecular weight is 233 g/mol. The van der Waals surface area contributed by atoms with E-state index in [9.17, 15) is 13.6 Å². The molecule has 0 saturated carbocycles. The number of amides is 1. The highest BCUT2D eigenvalue weighted by molar-refractivity contribution is 5.99. The molecule has 4 heteroatoms. The normalized spacial score (nSPS) is 10.2. The maximum atomic E-state index is 13.0. The van der Waals surface area contributed by atoms with Gasteiger partial charge in [-0.2, -0.15) is 0 Å². The van der Waals surface area contributed by atoms with E-state index in [0.29, 0.717) is 11.1 Å². The predicted molar refractivity (Wildman–Crippen MR) is 60.3 cm³/mol. The van der Waals surface area contributed by atoms with E-state index in [1.54, 1.807) is 0 Å². The highest BCUT2D eigenvalue weighted by atomic mass is 19.1. The summed E-state index contributed by atoms with van der Waals surface area (Å²) in [4.78, 5) is 11.2. The molecule has 0 saturated heterocycles. The molecular formula is C13H9F2NO. The van der Waals surface area contributed by atoms with Gasteiger partial charge >= 0.3 is 0 Å². The number of rotatable bonds is 2. The molecule has 2 N–H and O–H groups in total. The zero-order chi connectivity index (χ0) is 12.4. The minimum atomic E-state index is -0.719. The number of hydrogen-bond donors (Lipinski definition) is 1. The first kappa shape index (κ1) is 11.3. The van der Waals surface area contributed by atoms with Crippen LogP contribution in [-0.4, -0.2) is 5.91 Å². The molecule has 2 aromatic rings. The van der Waals surface area contributed by atoms with Crippen molar-refractivity contribution < 1.29 is 13.6 Å². The van der Waals surface area contributed by atoms with Gasteiger partial charge in [0.15, 0.2) is 0 Å². The highest BCUT2D eigenvalue weighted by Crippen LogP contribution is 2.24. The summed E-state index contributed by atoms with van der Waals surface area (Å²) in [5.74, 6) is -1.63. The largest absolute Gasteiger partial charge is 0.366 e. The Morgan fingerprint density at radius 1 is 0.941 bits per heavy atom. The lowest BCUT2D eigenvalue weighted by atomic mass is 9.99. The summed E-state index contributed by atoms with van der Waals surface area (Å²) in [5.41, 5.74) is 6.35. The van der Waals surface area contributed by atoms with Gasteiger partial charge in [-0.25, -0.2) is 8.78 Å². The fourth-order valence-corrected chi connectivity index (χ4v) is 1.60. The van der Waals surface area contributed by atoms with Gasteiger partial charge in [0.25, 0.3) is 0 Å². The molecule has 0 spiro atoms. The monoisotopic (exact) mass is 233 g/mol. The van der Waals surface area contributed by atoms with Crippen LogP contribution in [0.25, 0.3) is 11.1 Å². The van der Waals surface area contributed by atoms with Crippen LogP contribution in [0.4, 0.5) is 8.78 Å². The Kier molecular flexibility index (Phi) is 2.87. The summed E-state index contributed by atoms with van der Waals surface area (Å²) in [7, 11) is 0. The predicted octanol–water partition coefficient (Wildman–Crippen LogP) is 2.73. The molecule has 17 heavy (non-hydrogen) atoms. The number of benzene rings is 2. The van der Waals surface area contributed by atoms with Crippen molar-refractivity contribution in [2.45, 2.75) is 0 Å². The lowest BCUT2D eigenvalue weighted by Gasteiger charge is -2.07. The second-order valence-corrected chi connectivity index (χ2v) is 3.56. The van der Waals surface area contributed by atoms with Crippen molar-refractivity contribution in [1.82, 2.24) is 0 Å². The van der Waals surface area contributed by atoms with Gasteiger partial charge in [0.05, 0.1) is 0 Å². The molecule has 0 fully saturated rings.